The Kier molecular flexibility index (Phi) is 2.94. The number of imide groups is 1. The molecule has 1 aliphatic heterocycles. The van der Waals surface area contributed by atoms with E-state index in [0.717, 1.165) is 5.56 Å². The van der Waals surface area contributed by atoms with Crippen molar-refractivity contribution >= 4 is 23.4 Å². The molecular weight excluding hydrogens is 230 g/mol. The van der Waals surface area contributed by atoms with Crippen LogP contribution in [-0.2, 0) is 20.9 Å². The molecule has 1 N–H and O–H groups in total. The van der Waals surface area contributed by atoms with E-state index in [9.17, 15) is 9.59 Å². The summed E-state index contributed by atoms with van der Waals surface area (Å²) in [4.78, 5) is 22.3. The lowest BCUT2D eigenvalue weighted by Crippen LogP contribution is -2.35. The number of carbonyl (C=O) groups is 2. The molecule has 1 aromatic carbocycles. The van der Waals surface area contributed by atoms with Crippen molar-refractivity contribution in [3.63, 3.8) is 0 Å². The Balaban J connectivity index is 2.00. The van der Waals surface area contributed by atoms with Crippen LogP contribution in [0, 0.1) is 0 Å². The van der Waals surface area contributed by atoms with Crippen LogP contribution >= 0.6 is 11.6 Å². The average molecular weight is 240 g/mol. The van der Waals surface area contributed by atoms with E-state index in [1.807, 2.05) is 30.3 Å². The number of hydrogen-bond acceptors (Lipinski definition) is 3. The molecule has 0 aromatic heterocycles. The first-order valence-electron chi connectivity index (χ1n) is 4.81. The number of benzene rings is 1. The molecule has 4 nitrogen and oxygen atoms in total. The number of halogens is 1. The molecule has 0 saturated carbocycles. The molecule has 0 bridgehead atoms. The number of ether oxygens (including phenoxy) is 1. The molecule has 1 unspecified atom stereocenters. The van der Waals surface area contributed by atoms with Gasteiger partial charge in [0, 0.05) is 0 Å². The Labute approximate surface area is 97.5 Å². The molecule has 16 heavy (non-hydrogen) atoms. The van der Waals surface area contributed by atoms with E-state index in [2.05, 4.69) is 5.32 Å². The lowest BCUT2D eigenvalue weighted by Gasteiger charge is -2.17. The van der Waals surface area contributed by atoms with Crippen LogP contribution in [0.5, 0.6) is 0 Å². The minimum atomic E-state index is -1.55. The van der Waals surface area contributed by atoms with E-state index in [1.54, 1.807) is 0 Å². The first-order valence-corrected chi connectivity index (χ1v) is 5.19. The summed E-state index contributed by atoms with van der Waals surface area (Å²) in [6.45, 7) is 0.199. The zero-order valence-corrected chi connectivity index (χ0v) is 9.16. The molecule has 0 aliphatic carbocycles. The first kappa shape index (κ1) is 11.1. The molecule has 0 spiro atoms. The summed E-state index contributed by atoms with van der Waals surface area (Å²) in [7, 11) is 0. The van der Waals surface area contributed by atoms with Crippen LogP contribution in [0.15, 0.2) is 30.3 Å². The molecule has 1 heterocycles. The molecule has 1 saturated heterocycles. The fourth-order valence-corrected chi connectivity index (χ4v) is 1.66. The van der Waals surface area contributed by atoms with Crippen molar-refractivity contribution < 1.29 is 14.3 Å². The Morgan fingerprint density at radius 3 is 2.56 bits per heavy atom. The molecule has 1 aliphatic rings. The van der Waals surface area contributed by atoms with Crippen molar-refractivity contribution in [2.24, 2.45) is 0 Å². The molecule has 5 heteroatoms. The van der Waals surface area contributed by atoms with Gasteiger partial charge in [-0.3, -0.25) is 14.9 Å². The van der Waals surface area contributed by atoms with Crippen molar-refractivity contribution in [3.8, 4) is 0 Å². The maximum atomic E-state index is 11.3. The van der Waals surface area contributed by atoms with Crippen molar-refractivity contribution in [3.05, 3.63) is 35.9 Å². The van der Waals surface area contributed by atoms with Crippen molar-refractivity contribution in [1.82, 2.24) is 5.32 Å². The van der Waals surface area contributed by atoms with Gasteiger partial charge in [-0.2, -0.15) is 0 Å². The van der Waals surface area contributed by atoms with Gasteiger partial charge in [-0.1, -0.05) is 41.9 Å². The Bertz CT molecular complexity index is 420. The highest BCUT2D eigenvalue weighted by Gasteiger charge is 2.46. The number of amides is 2. The van der Waals surface area contributed by atoms with E-state index >= 15 is 0 Å². The summed E-state index contributed by atoms with van der Waals surface area (Å²) < 4.78 is 5.29. The number of carbonyl (C=O) groups excluding carboxylic acids is 2. The van der Waals surface area contributed by atoms with Crippen LogP contribution in [0.1, 0.15) is 12.0 Å². The molecule has 1 aromatic rings. The van der Waals surface area contributed by atoms with E-state index in [-0.39, 0.29) is 13.0 Å². The third kappa shape index (κ3) is 2.23. The Hall–Kier alpha value is -1.39. The predicted molar refractivity (Wildman–Crippen MR) is 57.6 cm³/mol. The number of hydrogen-bond donors (Lipinski definition) is 1. The maximum Gasteiger partial charge on any atom is 0.275 e. The van der Waals surface area contributed by atoms with E-state index in [0.29, 0.717) is 0 Å². The third-order valence-corrected chi connectivity index (χ3v) is 2.70. The van der Waals surface area contributed by atoms with E-state index in [1.165, 1.54) is 0 Å². The smallest absolute Gasteiger partial charge is 0.275 e. The molecule has 2 rings (SSSR count). The molecular formula is C11H10ClNO3. The van der Waals surface area contributed by atoms with Gasteiger partial charge >= 0.3 is 0 Å². The monoisotopic (exact) mass is 239 g/mol. The van der Waals surface area contributed by atoms with Gasteiger partial charge in [-0.05, 0) is 5.56 Å². The molecule has 1 atom stereocenters. The zero-order chi connectivity index (χ0) is 11.6. The largest absolute Gasteiger partial charge is 0.346 e. The summed E-state index contributed by atoms with van der Waals surface area (Å²) in [5.74, 6) is -0.997. The van der Waals surface area contributed by atoms with Crippen molar-refractivity contribution in [1.29, 1.82) is 0 Å². The van der Waals surface area contributed by atoms with Crippen LogP contribution in [0.2, 0.25) is 0 Å². The lowest BCUT2D eigenvalue weighted by atomic mass is 10.2. The van der Waals surface area contributed by atoms with E-state index in [4.69, 9.17) is 16.3 Å². The predicted octanol–water partition coefficient (Wildman–Crippen LogP) is 1.18. The van der Waals surface area contributed by atoms with Gasteiger partial charge in [-0.15, -0.1) is 0 Å². The molecule has 0 radical (unpaired) electrons. The zero-order valence-electron chi connectivity index (χ0n) is 8.40. The summed E-state index contributed by atoms with van der Waals surface area (Å²) in [5, 5.41) is 0.560. The topological polar surface area (TPSA) is 55.4 Å². The van der Waals surface area contributed by atoms with Gasteiger partial charge in [0.15, 0.2) is 0 Å². The number of alkyl halides is 1. The normalized spacial score (nSPS) is 24.6. The average Bonchev–Trinajstić information content (AvgIpc) is 2.52. The van der Waals surface area contributed by atoms with E-state index < -0.39 is 16.9 Å². The minimum absolute atomic E-state index is 0.139. The number of nitrogens with one attached hydrogen (secondary N) is 1. The molecule has 2 amide bonds. The minimum Gasteiger partial charge on any atom is -0.346 e. The van der Waals surface area contributed by atoms with Crippen LogP contribution < -0.4 is 5.32 Å². The highest BCUT2D eigenvalue weighted by Crippen LogP contribution is 2.27. The first-order chi connectivity index (χ1) is 7.60. The summed E-state index contributed by atoms with van der Waals surface area (Å²) >= 11 is 5.91. The van der Waals surface area contributed by atoms with Gasteiger partial charge in [0.05, 0.1) is 13.0 Å². The Morgan fingerprint density at radius 2 is 2.00 bits per heavy atom. The molecule has 1 fully saturated rings. The maximum absolute atomic E-state index is 11.3. The fraction of sp³-hybridized carbons (Fsp3) is 0.273. The highest BCUT2D eigenvalue weighted by atomic mass is 35.5. The summed E-state index contributed by atoms with van der Waals surface area (Å²) in [5.41, 5.74) is 0.898. The van der Waals surface area contributed by atoms with Crippen LogP contribution in [0.4, 0.5) is 0 Å². The second kappa shape index (κ2) is 4.23. The Morgan fingerprint density at radius 1 is 1.31 bits per heavy atom. The van der Waals surface area contributed by atoms with Crippen LogP contribution in [-0.4, -0.2) is 16.9 Å². The van der Waals surface area contributed by atoms with Gasteiger partial charge in [-0.25, -0.2) is 0 Å². The van der Waals surface area contributed by atoms with Crippen LogP contribution in [0.25, 0.3) is 0 Å². The van der Waals surface area contributed by atoms with Crippen LogP contribution in [0.3, 0.4) is 0 Å². The second-order valence-electron chi connectivity index (χ2n) is 3.56. The highest BCUT2D eigenvalue weighted by molar-refractivity contribution is 6.38. The van der Waals surface area contributed by atoms with Crippen molar-refractivity contribution in [2.45, 2.75) is 18.1 Å². The van der Waals surface area contributed by atoms with Gasteiger partial charge in [0.2, 0.25) is 11.0 Å². The summed E-state index contributed by atoms with van der Waals surface area (Å²) in [6, 6.07) is 9.31. The summed E-state index contributed by atoms with van der Waals surface area (Å²) in [6.07, 6.45) is -0.139. The lowest BCUT2D eigenvalue weighted by molar-refractivity contribution is -0.133. The van der Waals surface area contributed by atoms with Crippen molar-refractivity contribution in [2.75, 3.05) is 0 Å². The second-order valence-corrected chi connectivity index (χ2v) is 4.17. The molecule has 84 valence electrons. The quantitative estimate of drug-likeness (QED) is 0.637. The van der Waals surface area contributed by atoms with Gasteiger partial charge in [0.25, 0.3) is 5.91 Å². The SMILES string of the molecule is O=C1CC(Cl)(OCc2ccccc2)C(=O)N1. The van der Waals surface area contributed by atoms with Gasteiger partial charge < -0.3 is 4.74 Å². The number of rotatable bonds is 3. The van der Waals surface area contributed by atoms with Gasteiger partial charge in [0.1, 0.15) is 0 Å². The third-order valence-electron chi connectivity index (χ3n) is 2.29. The fourth-order valence-electron chi connectivity index (χ4n) is 1.44. The standard InChI is InChI=1S/C11H10ClNO3/c12-11(6-9(14)13-10(11)15)16-7-8-4-2-1-3-5-8/h1-5H,6-7H2,(H,13,14,15).